The first kappa shape index (κ1) is 11.9. The fourth-order valence-corrected chi connectivity index (χ4v) is 2.62. The van der Waals surface area contributed by atoms with Gasteiger partial charge in [0.15, 0.2) is 5.78 Å². The summed E-state index contributed by atoms with van der Waals surface area (Å²) in [5, 5.41) is 0.333. The van der Waals surface area contributed by atoms with Crippen LogP contribution < -0.4 is 0 Å². The van der Waals surface area contributed by atoms with Gasteiger partial charge in [-0.15, -0.1) is 0 Å². The van der Waals surface area contributed by atoms with E-state index in [0.29, 0.717) is 10.9 Å². The molecule has 0 spiro atoms. The van der Waals surface area contributed by atoms with E-state index >= 15 is 0 Å². The van der Waals surface area contributed by atoms with E-state index in [-0.39, 0.29) is 5.78 Å². The lowest BCUT2D eigenvalue weighted by atomic mass is 10.2. The molecule has 0 unspecified atom stereocenters. The van der Waals surface area contributed by atoms with Crippen molar-refractivity contribution in [3.63, 3.8) is 0 Å². The van der Waals surface area contributed by atoms with Crippen molar-refractivity contribution in [2.75, 3.05) is 5.33 Å². The third kappa shape index (κ3) is 2.64. The summed E-state index contributed by atoms with van der Waals surface area (Å²) < 4.78 is 2.57. The van der Waals surface area contributed by atoms with Gasteiger partial charge in [-0.25, -0.2) is 0 Å². The molecule has 0 aliphatic heterocycles. The van der Waals surface area contributed by atoms with Gasteiger partial charge in [-0.1, -0.05) is 15.9 Å². The summed E-state index contributed by atoms with van der Waals surface area (Å²) >= 11 is 13.2. The third-order valence-electron chi connectivity index (χ3n) is 1.46. The van der Waals surface area contributed by atoms with Crippen molar-refractivity contribution in [3.05, 3.63) is 31.1 Å². The fraction of sp³-hybridized carbons (Fsp3) is 0.125. The Kier molecular flexibility index (Phi) is 4.62. The molecule has 0 atom stereocenters. The van der Waals surface area contributed by atoms with Crippen LogP contribution in [0.3, 0.4) is 0 Å². The highest BCUT2D eigenvalue weighted by Gasteiger charge is 2.12. The first-order chi connectivity index (χ1) is 6.07. The summed E-state index contributed by atoms with van der Waals surface area (Å²) in [5.74, 6) is 0.0556. The molecule has 0 aliphatic rings. The van der Waals surface area contributed by atoms with Crippen LogP contribution in [0.25, 0.3) is 0 Å². The lowest BCUT2D eigenvalue weighted by molar-refractivity contribution is 0.102. The van der Waals surface area contributed by atoms with Crippen LogP contribution in [0.4, 0.5) is 0 Å². The smallest absolute Gasteiger partial charge is 0.174 e. The van der Waals surface area contributed by atoms with Crippen molar-refractivity contribution in [1.82, 2.24) is 0 Å². The summed E-state index contributed by atoms with van der Waals surface area (Å²) in [6.45, 7) is 0. The largest absolute Gasteiger partial charge is 0.293 e. The predicted octanol–water partition coefficient (Wildman–Crippen LogP) is 4.55. The van der Waals surface area contributed by atoms with Gasteiger partial charge < -0.3 is 0 Å². The molecule has 0 radical (unpaired) electrons. The van der Waals surface area contributed by atoms with E-state index in [1.165, 1.54) is 0 Å². The van der Waals surface area contributed by atoms with E-state index in [0.717, 1.165) is 13.4 Å². The number of hydrogen-bond acceptors (Lipinski definition) is 1. The van der Waals surface area contributed by atoms with Crippen molar-refractivity contribution in [1.29, 1.82) is 0 Å². The molecular weight excluding hydrogens is 432 g/mol. The molecule has 0 aromatic heterocycles. The minimum absolute atomic E-state index is 0.0556. The number of ketones is 1. The molecule has 0 amide bonds. The van der Waals surface area contributed by atoms with Crippen LogP contribution in [0.5, 0.6) is 0 Å². The average Bonchev–Trinajstić information content (AvgIpc) is 2.13. The van der Waals surface area contributed by atoms with E-state index in [1.807, 2.05) is 6.07 Å². The molecule has 0 saturated heterocycles. The molecule has 0 heterocycles. The molecular formula is C8H4Br4O. The highest BCUT2D eigenvalue weighted by Crippen LogP contribution is 2.33. The van der Waals surface area contributed by atoms with Gasteiger partial charge in [-0.2, -0.15) is 0 Å². The van der Waals surface area contributed by atoms with Crippen molar-refractivity contribution in [3.8, 4) is 0 Å². The Balaban J connectivity index is 3.26. The number of benzene rings is 1. The molecule has 1 rings (SSSR count). The van der Waals surface area contributed by atoms with Gasteiger partial charge in [0.25, 0.3) is 0 Å². The summed E-state index contributed by atoms with van der Waals surface area (Å²) in [6.07, 6.45) is 0. The number of hydrogen-bond donors (Lipinski definition) is 0. The highest BCUT2D eigenvalue weighted by atomic mass is 79.9. The van der Waals surface area contributed by atoms with E-state index in [2.05, 4.69) is 63.7 Å². The lowest BCUT2D eigenvalue weighted by Crippen LogP contribution is -2.01. The zero-order valence-electron chi connectivity index (χ0n) is 6.28. The molecule has 0 fully saturated rings. The number of halogens is 4. The molecule has 0 N–H and O–H groups in total. The van der Waals surface area contributed by atoms with Gasteiger partial charge in [-0.3, -0.25) is 4.79 Å². The summed E-state index contributed by atoms with van der Waals surface area (Å²) in [6, 6.07) is 3.62. The maximum atomic E-state index is 11.4. The monoisotopic (exact) mass is 432 g/mol. The van der Waals surface area contributed by atoms with Crippen LogP contribution in [0.2, 0.25) is 0 Å². The summed E-state index contributed by atoms with van der Waals surface area (Å²) in [4.78, 5) is 11.4. The second kappa shape index (κ2) is 5.05. The van der Waals surface area contributed by atoms with Crippen LogP contribution in [0, 0.1) is 0 Å². The van der Waals surface area contributed by atoms with Crippen molar-refractivity contribution in [2.45, 2.75) is 0 Å². The Morgan fingerprint density at radius 2 is 1.77 bits per heavy atom. The molecule has 13 heavy (non-hydrogen) atoms. The minimum Gasteiger partial charge on any atom is -0.293 e. The summed E-state index contributed by atoms with van der Waals surface area (Å²) in [7, 11) is 0. The van der Waals surface area contributed by atoms with Gasteiger partial charge in [0.2, 0.25) is 0 Å². The zero-order valence-corrected chi connectivity index (χ0v) is 12.6. The molecule has 0 bridgehead atoms. The Hall–Kier alpha value is 0.810. The van der Waals surface area contributed by atoms with Crippen LogP contribution in [0.15, 0.2) is 25.6 Å². The first-order valence-electron chi connectivity index (χ1n) is 3.30. The predicted molar refractivity (Wildman–Crippen MR) is 67.7 cm³/mol. The minimum atomic E-state index is 0.0556. The molecule has 0 saturated carbocycles. The Bertz CT molecular complexity index is 348. The van der Waals surface area contributed by atoms with Crippen molar-refractivity contribution < 1.29 is 4.79 Å². The second-order valence-corrected chi connectivity index (χ2v) is 5.28. The second-order valence-electron chi connectivity index (χ2n) is 2.28. The van der Waals surface area contributed by atoms with Gasteiger partial charge in [-0.05, 0) is 59.9 Å². The van der Waals surface area contributed by atoms with Gasteiger partial charge in [0.1, 0.15) is 0 Å². The zero-order chi connectivity index (χ0) is 10.0. The number of carbonyl (C=O) groups is 1. The third-order valence-corrected chi connectivity index (χ3v) is 5.34. The number of rotatable bonds is 2. The average molecular weight is 436 g/mol. The van der Waals surface area contributed by atoms with Crippen LogP contribution in [-0.2, 0) is 0 Å². The SMILES string of the molecule is O=C(CBr)c1ccc(Br)c(Br)c1Br. The van der Waals surface area contributed by atoms with Crippen molar-refractivity contribution in [2.24, 2.45) is 0 Å². The maximum Gasteiger partial charge on any atom is 0.174 e. The van der Waals surface area contributed by atoms with E-state index in [4.69, 9.17) is 0 Å². The Labute approximate surface area is 110 Å². The van der Waals surface area contributed by atoms with Crippen LogP contribution in [-0.4, -0.2) is 11.1 Å². The van der Waals surface area contributed by atoms with E-state index < -0.39 is 0 Å². The number of alkyl halides is 1. The first-order valence-corrected chi connectivity index (χ1v) is 6.80. The molecule has 1 aromatic rings. The van der Waals surface area contributed by atoms with Crippen LogP contribution >= 0.6 is 63.7 Å². The summed E-state index contributed by atoms with van der Waals surface area (Å²) in [5.41, 5.74) is 0.673. The van der Waals surface area contributed by atoms with Crippen molar-refractivity contribution >= 4 is 69.5 Å². The molecule has 1 nitrogen and oxygen atoms in total. The molecule has 0 aliphatic carbocycles. The standard InChI is InChI=1S/C8H4Br4O/c9-3-6(13)4-1-2-5(10)8(12)7(4)11/h1-2H,3H2. The van der Waals surface area contributed by atoms with E-state index in [9.17, 15) is 4.79 Å². The number of carbonyl (C=O) groups excluding carboxylic acids is 1. The van der Waals surface area contributed by atoms with Crippen LogP contribution in [0.1, 0.15) is 10.4 Å². The normalized spacial score (nSPS) is 10.2. The van der Waals surface area contributed by atoms with Gasteiger partial charge in [0.05, 0.1) is 5.33 Å². The fourth-order valence-electron chi connectivity index (χ4n) is 0.813. The maximum absolute atomic E-state index is 11.4. The van der Waals surface area contributed by atoms with Gasteiger partial charge >= 0.3 is 0 Å². The molecule has 1 aromatic carbocycles. The van der Waals surface area contributed by atoms with E-state index in [1.54, 1.807) is 6.07 Å². The Morgan fingerprint density at radius 3 is 2.31 bits per heavy atom. The molecule has 70 valence electrons. The lowest BCUT2D eigenvalue weighted by Gasteiger charge is -2.04. The number of Topliss-reactive ketones (excluding diaryl/α,β-unsaturated/α-hetero) is 1. The van der Waals surface area contributed by atoms with Gasteiger partial charge in [0, 0.05) is 19.0 Å². The quantitative estimate of drug-likeness (QED) is 0.378. The molecule has 5 heteroatoms. The topological polar surface area (TPSA) is 17.1 Å². The highest BCUT2D eigenvalue weighted by molar-refractivity contribution is 9.14. The Morgan fingerprint density at radius 1 is 1.15 bits per heavy atom.